The number of hydrogen-bond acceptors (Lipinski definition) is 4. The molecule has 0 unspecified atom stereocenters. The fourth-order valence-electron chi connectivity index (χ4n) is 2.29. The number of nitrogens with zero attached hydrogens (tertiary/aromatic N) is 2. The second-order valence-corrected chi connectivity index (χ2v) is 9.27. The summed E-state index contributed by atoms with van der Waals surface area (Å²) >= 11 is 1.94. The van der Waals surface area contributed by atoms with Crippen molar-refractivity contribution in [2.75, 3.05) is 38.7 Å². The number of thioether (sulfide) groups is 1. The molecule has 1 amide bonds. The number of carbonyl (C=O) groups is 1. The molecule has 0 bridgehead atoms. The van der Waals surface area contributed by atoms with Crippen LogP contribution in [0.5, 0.6) is 0 Å². The van der Waals surface area contributed by atoms with E-state index in [0.29, 0.717) is 0 Å². The SMILES string of the molecule is CCC1(CC)CN(C(=O)CCS(=O)(=O)N(C)C)CCS1. The summed E-state index contributed by atoms with van der Waals surface area (Å²) in [7, 11) is -0.298. The van der Waals surface area contributed by atoms with Crippen LogP contribution in [0.2, 0.25) is 0 Å². The minimum absolute atomic E-state index is 0.0398. The molecule has 0 atom stereocenters. The molecule has 0 N–H and O–H groups in total. The van der Waals surface area contributed by atoms with Crippen LogP contribution in [0, 0.1) is 0 Å². The van der Waals surface area contributed by atoms with E-state index in [2.05, 4.69) is 13.8 Å². The normalized spacial score (nSPS) is 19.4. The summed E-state index contributed by atoms with van der Waals surface area (Å²) < 4.78 is 24.7. The summed E-state index contributed by atoms with van der Waals surface area (Å²) in [4.78, 5) is 14.1. The molecule has 1 saturated heterocycles. The average molecular weight is 322 g/mol. The maximum Gasteiger partial charge on any atom is 0.223 e. The van der Waals surface area contributed by atoms with Crippen molar-refractivity contribution in [3.63, 3.8) is 0 Å². The van der Waals surface area contributed by atoms with Gasteiger partial charge in [-0.1, -0.05) is 13.8 Å². The van der Waals surface area contributed by atoms with Crippen LogP contribution in [0.1, 0.15) is 33.1 Å². The Labute approximate surface area is 127 Å². The minimum atomic E-state index is -3.29. The Kier molecular flexibility index (Phi) is 6.34. The van der Waals surface area contributed by atoms with Gasteiger partial charge in [-0.05, 0) is 12.8 Å². The lowest BCUT2D eigenvalue weighted by Gasteiger charge is -2.41. The van der Waals surface area contributed by atoms with Crippen molar-refractivity contribution in [3.05, 3.63) is 0 Å². The fourth-order valence-corrected chi connectivity index (χ4v) is 4.49. The number of carbonyl (C=O) groups excluding carboxylic acids is 1. The first-order chi connectivity index (χ1) is 9.26. The van der Waals surface area contributed by atoms with Crippen LogP contribution in [0.4, 0.5) is 0 Å². The van der Waals surface area contributed by atoms with Crippen molar-refractivity contribution >= 4 is 27.7 Å². The van der Waals surface area contributed by atoms with Crippen LogP contribution in [-0.4, -0.2) is 67.0 Å². The lowest BCUT2D eigenvalue weighted by atomic mass is 10.0. The van der Waals surface area contributed by atoms with Gasteiger partial charge in [0.2, 0.25) is 15.9 Å². The number of rotatable bonds is 6. The van der Waals surface area contributed by atoms with Gasteiger partial charge in [-0.2, -0.15) is 11.8 Å². The largest absolute Gasteiger partial charge is 0.340 e. The third-order valence-electron chi connectivity index (χ3n) is 4.02. The number of amides is 1. The van der Waals surface area contributed by atoms with Crippen molar-refractivity contribution < 1.29 is 13.2 Å². The van der Waals surface area contributed by atoms with Gasteiger partial charge in [0, 0.05) is 44.1 Å². The molecule has 0 aromatic rings. The summed E-state index contributed by atoms with van der Waals surface area (Å²) in [6.07, 6.45) is 2.15. The summed E-state index contributed by atoms with van der Waals surface area (Å²) in [5.74, 6) is 0.795. The number of hydrogen-bond donors (Lipinski definition) is 0. The Hall–Kier alpha value is -0.270. The van der Waals surface area contributed by atoms with Crippen molar-refractivity contribution in [1.82, 2.24) is 9.21 Å². The molecule has 5 nitrogen and oxygen atoms in total. The molecule has 1 rings (SSSR count). The molecule has 0 aromatic carbocycles. The van der Waals surface area contributed by atoms with Gasteiger partial charge >= 0.3 is 0 Å². The standard InChI is InChI=1S/C13H26N2O3S2/c1-5-13(6-2)11-15(8-9-19-13)12(16)7-10-20(17,18)14(3)4/h5-11H2,1-4H3. The van der Waals surface area contributed by atoms with Crippen LogP contribution in [0.15, 0.2) is 0 Å². The molecule has 1 aliphatic rings. The molecule has 1 aliphatic heterocycles. The highest BCUT2D eigenvalue weighted by Gasteiger charge is 2.35. The van der Waals surface area contributed by atoms with Crippen LogP contribution in [0.3, 0.4) is 0 Å². The molecule has 7 heteroatoms. The Morgan fingerprint density at radius 3 is 2.40 bits per heavy atom. The van der Waals surface area contributed by atoms with E-state index in [0.717, 1.165) is 31.7 Å². The van der Waals surface area contributed by atoms with E-state index < -0.39 is 10.0 Å². The zero-order valence-electron chi connectivity index (χ0n) is 12.9. The second-order valence-electron chi connectivity index (χ2n) is 5.40. The highest BCUT2D eigenvalue weighted by atomic mass is 32.2. The number of sulfonamides is 1. The van der Waals surface area contributed by atoms with Gasteiger partial charge in [0.05, 0.1) is 5.75 Å². The molecule has 20 heavy (non-hydrogen) atoms. The monoisotopic (exact) mass is 322 g/mol. The molecule has 0 spiro atoms. The van der Waals surface area contributed by atoms with Crippen molar-refractivity contribution in [2.24, 2.45) is 0 Å². The van der Waals surface area contributed by atoms with E-state index in [1.807, 2.05) is 16.7 Å². The van der Waals surface area contributed by atoms with E-state index in [1.165, 1.54) is 18.4 Å². The highest BCUT2D eigenvalue weighted by molar-refractivity contribution is 8.00. The molecule has 1 fully saturated rings. The van der Waals surface area contributed by atoms with Crippen molar-refractivity contribution in [1.29, 1.82) is 0 Å². The highest BCUT2D eigenvalue weighted by Crippen LogP contribution is 2.36. The third kappa shape index (κ3) is 4.36. The lowest BCUT2D eigenvalue weighted by Crippen LogP contribution is -2.49. The average Bonchev–Trinajstić information content (AvgIpc) is 2.44. The van der Waals surface area contributed by atoms with E-state index in [9.17, 15) is 13.2 Å². The first-order valence-electron chi connectivity index (χ1n) is 7.08. The topological polar surface area (TPSA) is 57.7 Å². The van der Waals surface area contributed by atoms with Crippen LogP contribution < -0.4 is 0 Å². The van der Waals surface area contributed by atoms with Crippen LogP contribution in [-0.2, 0) is 14.8 Å². The maximum absolute atomic E-state index is 12.2. The minimum Gasteiger partial charge on any atom is -0.340 e. The summed E-state index contributed by atoms with van der Waals surface area (Å²) in [6, 6.07) is 0. The predicted molar refractivity (Wildman–Crippen MR) is 84.4 cm³/mol. The van der Waals surface area contributed by atoms with Crippen LogP contribution >= 0.6 is 11.8 Å². The van der Waals surface area contributed by atoms with E-state index in [-0.39, 0.29) is 22.8 Å². The van der Waals surface area contributed by atoms with Crippen molar-refractivity contribution in [2.45, 2.75) is 37.9 Å². The fraction of sp³-hybridized carbons (Fsp3) is 0.923. The lowest BCUT2D eigenvalue weighted by molar-refractivity contribution is -0.131. The zero-order chi connectivity index (χ0) is 15.4. The smallest absolute Gasteiger partial charge is 0.223 e. The van der Waals surface area contributed by atoms with Crippen molar-refractivity contribution in [3.8, 4) is 0 Å². The predicted octanol–water partition coefficient (Wildman–Crippen LogP) is 1.40. The van der Waals surface area contributed by atoms with E-state index in [4.69, 9.17) is 0 Å². The maximum atomic E-state index is 12.2. The molecule has 1 heterocycles. The van der Waals surface area contributed by atoms with Crippen LogP contribution in [0.25, 0.3) is 0 Å². The van der Waals surface area contributed by atoms with E-state index in [1.54, 1.807) is 0 Å². The molecule has 0 aliphatic carbocycles. The summed E-state index contributed by atoms with van der Waals surface area (Å²) in [5.41, 5.74) is 0. The molecule has 0 saturated carbocycles. The van der Waals surface area contributed by atoms with Gasteiger partial charge in [-0.3, -0.25) is 4.79 Å². The van der Waals surface area contributed by atoms with Gasteiger partial charge in [0.25, 0.3) is 0 Å². The molecule has 0 aromatic heterocycles. The second kappa shape index (κ2) is 7.13. The first kappa shape index (κ1) is 17.8. The summed E-state index contributed by atoms with van der Waals surface area (Å²) in [5, 5.41) is 0. The quantitative estimate of drug-likeness (QED) is 0.742. The third-order valence-corrected chi connectivity index (χ3v) is 7.56. The Morgan fingerprint density at radius 1 is 1.30 bits per heavy atom. The molecule has 118 valence electrons. The first-order valence-corrected chi connectivity index (χ1v) is 9.68. The van der Waals surface area contributed by atoms with Gasteiger partial charge in [-0.15, -0.1) is 0 Å². The Balaban J connectivity index is 2.60. The van der Waals surface area contributed by atoms with Gasteiger partial charge in [0.1, 0.15) is 0 Å². The molecular formula is C13H26N2O3S2. The molecular weight excluding hydrogens is 296 g/mol. The van der Waals surface area contributed by atoms with Gasteiger partial charge in [0.15, 0.2) is 0 Å². The zero-order valence-corrected chi connectivity index (χ0v) is 14.5. The van der Waals surface area contributed by atoms with Gasteiger partial charge < -0.3 is 4.90 Å². The van der Waals surface area contributed by atoms with Gasteiger partial charge in [-0.25, -0.2) is 12.7 Å². The van der Waals surface area contributed by atoms with E-state index >= 15 is 0 Å². The summed E-state index contributed by atoms with van der Waals surface area (Å²) in [6.45, 7) is 5.78. The Bertz CT molecular complexity index is 431. The molecule has 0 radical (unpaired) electrons. The Morgan fingerprint density at radius 2 is 1.90 bits per heavy atom.